The van der Waals surface area contributed by atoms with Crippen LogP contribution in [0.5, 0.6) is 0 Å². The zero-order valence-corrected chi connectivity index (χ0v) is 14.3. The van der Waals surface area contributed by atoms with Gasteiger partial charge in [0.1, 0.15) is 0 Å². The van der Waals surface area contributed by atoms with Crippen LogP contribution in [0.4, 0.5) is 0 Å². The molecule has 0 aliphatic carbocycles. The molecule has 1 heterocycles. The lowest BCUT2D eigenvalue weighted by atomic mass is 10.1. The predicted molar refractivity (Wildman–Crippen MR) is 91.2 cm³/mol. The van der Waals surface area contributed by atoms with Crippen LogP contribution in [-0.4, -0.2) is 60.7 Å². The van der Waals surface area contributed by atoms with Gasteiger partial charge in [0.15, 0.2) is 0 Å². The van der Waals surface area contributed by atoms with E-state index in [-0.39, 0.29) is 49.6 Å². The molecule has 1 N–H and O–H groups in total. The number of amides is 3. The molecular formula is C18H25N3O3. The van der Waals surface area contributed by atoms with Gasteiger partial charge in [-0.05, 0) is 26.1 Å². The molecule has 1 fully saturated rings. The van der Waals surface area contributed by atoms with E-state index in [4.69, 9.17) is 0 Å². The molecule has 1 aliphatic rings. The molecule has 3 amide bonds. The van der Waals surface area contributed by atoms with Gasteiger partial charge in [0.05, 0.1) is 0 Å². The summed E-state index contributed by atoms with van der Waals surface area (Å²) < 4.78 is 0. The van der Waals surface area contributed by atoms with E-state index in [1.54, 1.807) is 0 Å². The Bertz CT molecular complexity index is 570. The van der Waals surface area contributed by atoms with E-state index in [2.05, 4.69) is 22.3 Å². The van der Waals surface area contributed by atoms with Crippen LogP contribution in [0.25, 0.3) is 0 Å². The average Bonchev–Trinajstić information content (AvgIpc) is 2.88. The molecular weight excluding hydrogens is 306 g/mol. The highest BCUT2D eigenvalue weighted by Crippen LogP contribution is 2.11. The van der Waals surface area contributed by atoms with Crippen LogP contribution < -0.4 is 5.32 Å². The van der Waals surface area contributed by atoms with E-state index < -0.39 is 0 Å². The molecule has 1 aromatic carbocycles. The molecule has 1 aliphatic heterocycles. The first-order valence-corrected chi connectivity index (χ1v) is 8.27. The molecule has 0 saturated carbocycles. The van der Waals surface area contributed by atoms with E-state index in [1.807, 2.05) is 32.3 Å². The van der Waals surface area contributed by atoms with Crippen molar-refractivity contribution >= 4 is 17.7 Å². The number of hydrogen-bond donors (Lipinski definition) is 1. The summed E-state index contributed by atoms with van der Waals surface area (Å²) >= 11 is 0. The molecule has 0 spiro atoms. The van der Waals surface area contributed by atoms with E-state index in [9.17, 15) is 14.4 Å². The van der Waals surface area contributed by atoms with Crippen molar-refractivity contribution in [3.63, 3.8) is 0 Å². The Kier molecular flexibility index (Phi) is 6.49. The number of imide groups is 1. The van der Waals surface area contributed by atoms with Crippen molar-refractivity contribution in [3.8, 4) is 0 Å². The molecule has 2 rings (SSSR count). The van der Waals surface area contributed by atoms with Crippen molar-refractivity contribution in [2.75, 3.05) is 27.2 Å². The van der Waals surface area contributed by atoms with Gasteiger partial charge in [0.2, 0.25) is 17.7 Å². The molecule has 130 valence electrons. The molecule has 24 heavy (non-hydrogen) atoms. The highest BCUT2D eigenvalue weighted by molar-refractivity contribution is 6.02. The summed E-state index contributed by atoms with van der Waals surface area (Å²) in [6.45, 7) is 0.706. The van der Waals surface area contributed by atoms with Crippen LogP contribution in [0.1, 0.15) is 24.8 Å². The van der Waals surface area contributed by atoms with Gasteiger partial charge in [0, 0.05) is 38.4 Å². The first-order valence-electron chi connectivity index (χ1n) is 8.27. The molecule has 1 atom stereocenters. The van der Waals surface area contributed by atoms with Gasteiger partial charge in [0.25, 0.3) is 0 Å². The van der Waals surface area contributed by atoms with Gasteiger partial charge in [-0.25, -0.2) is 0 Å². The first kappa shape index (κ1) is 18.1. The molecule has 6 heteroatoms. The summed E-state index contributed by atoms with van der Waals surface area (Å²) in [6.07, 6.45) is 1.53. The van der Waals surface area contributed by atoms with Gasteiger partial charge in [-0.3, -0.25) is 19.3 Å². The van der Waals surface area contributed by atoms with Crippen molar-refractivity contribution in [1.29, 1.82) is 0 Å². The van der Waals surface area contributed by atoms with Gasteiger partial charge in [-0.2, -0.15) is 0 Å². The maximum atomic E-state index is 12.0. The third kappa shape index (κ3) is 5.16. The van der Waals surface area contributed by atoms with Crippen LogP contribution in [0.3, 0.4) is 0 Å². The second-order valence-electron chi connectivity index (χ2n) is 6.30. The fourth-order valence-electron chi connectivity index (χ4n) is 2.73. The maximum Gasteiger partial charge on any atom is 0.229 e. The zero-order valence-electron chi connectivity index (χ0n) is 14.3. The number of nitrogens with one attached hydrogen (secondary N) is 1. The van der Waals surface area contributed by atoms with E-state index in [0.717, 1.165) is 6.42 Å². The minimum atomic E-state index is -0.178. The number of hydrogen-bond acceptors (Lipinski definition) is 4. The summed E-state index contributed by atoms with van der Waals surface area (Å²) in [5, 5.41) is 2.91. The average molecular weight is 331 g/mol. The first-order chi connectivity index (χ1) is 11.5. The van der Waals surface area contributed by atoms with Gasteiger partial charge in [-0.15, -0.1) is 0 Å². The SMILES string of the molecule is CN(C)C(CNC(=O)CCN1C(=O)CCC1=O)Cc1ccccc1. The quantitative estimate of drug-likeness (QED) is 0.716. The minimum absolute atomic E-state index is 0.137. The molecule has 0 radical (unpaired) electrons. The number of carbonyl (C=O) groups is 3. The van der Waals surface area contributed by atoms with Crippen molar-refractivity contribution in [1.82, 2.24) is 15.1 Å². The van der Waals surface area contributed by atoms with Gasteiger partial charge < -0.3 is 10.2 Å². The van der Waals surface area contributed by atoms with Crippen LogP contribution in [0.2, 0.25) is 0 Å². The summed E-state index contributed by atoms with van der Waals surface area (Å²) in [5.74, 6) is -0.492. The lowest BCUT2D eigenvalue weighted by Crippen LogP contribution is -2.42. The smallest absolute Gasteiger partial charge is 0.229 e. The van der Waals surface area contributed by atoms with Crippen molar-refractivity contribution in [3.05, 3.63) is 35.9 Å². The fraction of sp³-hybridized carbons (Fsp3) is 0.500. The second-order valence-corrected chi connectivity index (χ2v) is 6.30. The van der Waals surface area contributed by atoms with E-state index in [1.165, 1.54) is 10.5 Å². The number of nitrogens with zero attached hydrogens (tertiary/aromatic N) is 2. The summed E-state index contributed by atoms with van der Waals surface area (Å²) in [5.41, 5.74) is 1.22. The van der Waals surface area contributed by atoms with Crippen molar-refractivity contribution in [2.24, 2.45) is 0 Å². The fourth-order valence-corrected chi connectivity index (χ4v) is 2.73. The Morgan fingerprint density at radius 3 is 2.38 bits per heavy atom. The number of carbonyl (C=O) groups excluding carboxylic acids is 3. The predicted octanol–water partition coefficient (Wildman–Crippen LogP) is 0.815. The molecule has 1 aromatic rings. The van der Waals surface area contributed by atoms with E-state index in [0.29, 0.717) is 6.54 Å². The van der Waals surface area contributed by atoms with Gasteiger partial charge in [-0.1, -0.05) is 30.3 Å². The highest BCUT2D eigenvalue weighted by Gasteiger charge is 2.28. The third-order valence-corrected chi connectivity index (χ3v) is 4.30. The van der Waals surface area contributed by atoms with Crippen LogP contribution in [0.15, 0.2) is 30.3 Å². The number of benzene rings is 1. The monoisotopic (exact) mass is 331 g/mol. The van der Waals surface area contributed by atoms with Crippen molar-refractivity contribution < 1.29 is 14.4 Å². The standard InChI is InChI=1S/C18H25N3O3/c1-20(2)15(12-14-6-4-3-5-7-14)13-19-16(22)10-11-21-17(23)8-9-18(21)24/h3-7,15H,8-13H2,1-2H3,(H,19,22). The molecule has 1 unspecified atom stereocenters. The van der Waals surface area contributed by atoms with Crippen LogP contribution in [0, 0.1) is 0 Å². The van der Waals surface area contributed by atoms with Crippen molar-refractivity contribution in [2.45, 2.75) is 31.7 Å². The Hall–Kier alpha value is -2.21. The summed E-state index contributed by atoms with van der Waals surface area (Å²) in [6, 6.07) is 10.3. The molecule has 1 saturated heterocycles. The zero-order chi connectivity index (χ0) is 17.5. The Balaban J connectivity index is 1.78. The lowest BCUT2D eigenvalue weighted by molar-refractivity contribution is -0.138. The second kappa shape index (κ2) is 8.59. The van der Waals surface area contributed by atoms with E-state index >= 15 is 0 Å². The largest absolute Gasteiger partial charge is 0.354 e. The Morgan fingerprint density at radius 1 is 1.17 bits per heavy atom. The normalized spacial score (nSPS) is 15.9. The Morgan fingerprint density at radius 2 is 1.79 bits per heavy atom. The van der Waals surface area contributed by atoms with Crippen LogP contribution >= 0.6 is 0 Å². The molecule has 6 nitrogen and oxygen atoms in total. The lowest BCUT2D eigenvalue weighted by Gasteiger charge is -2.25. The number of likely N-dealkylation sites (tertiary alicyclic amines) is 1. The third-order valence-electron chi connectivity index (χ3n) is 4.30. The number of likely N-dealkylation sites (N-methyl/N-ethyl adjacent to an activating group) is 1. The Labute approximate surface area is 142 Å². The maximum absolute atomic E-state index is 12.0. The highest BCUT2D eigenvalue weighted by atomic mass is 16.2. The minimum Gasteiger partial charge on any atom is -0.354 e. The summed E-state index contributed by atoms with van der Waals surface area (Å²) in [4.78, 5) is 38.3. The number of rotatable bonds is 8. The van der Waals surface area contributed by atoms with Gasteiger partial charge >= 0.3 is 0 Å². The van der Waals surface area contributed by atoms with Crippen LogP contribution in [-0.2, 0) is 20.8 Å². The topological polar surface area (TPSA) is 69.7 Å². The summed E-state index contributed by atoms with van der Waals surface area (Å²) in [7, 11) is 3.97. The molecule has 0 aromatic heterocycles. The molecule has 0 bridgehead atoms.